The molecule has 116 valence electrons. The molecule has 0 bridgehead atoms. The van der Waals surface area contributed by atoms with E-state index in [2.05, 4.69) is 22.4 Å². The summed E-state index contributed by atoms with van der Waals surface area (Å²) in [5, 5.41) is 2.37. The van der Waals surface area contributed by atoms with Gasteiger partial charge >= 0.3 is 7.12 Å². The number of hydrogen-bond donors (Lipinski definition) is 1. The molecule has 1 heterocycles. The minimum Gasteiger partial charge on any atom is -0.400 e. The first kappa shape index (κ1) is 17.1. The average molecular weight is 316 g/mol. The minimum absolute atomic E-state index is 0.359. The Morgan fingerprint density at radius 3 is 2.50 bits per heavy atom. The van der Waals surface area contributed by atoms with E-state index in [0.29, 0.717) is 6.54 Å². The second kappa shape index (κ2) is 6.45. The van der Waals surface area contributed by atoms with Crippen molar-refractivity contribution in [2.75, 3.05) is 6.54 Å². The Kier molecular flexibility index (Phi) is 5.00. The van der Waals surface area contributed by atoms with Crippen LogP contribution in [0.25, 0.3) is 6.08 Å². The predicted molar refractivity (Wildman–Crippen MR) is 94.2 cm³/mol. The first-order valence-corrected chi connectivity index (χ1v) is 7.64. The van der Waals surface area contributed by atoms with Crippen molar-refractivity contribution < 1.29 is 9.31 Å². The molecule has 1 saturated heterocycles. The molecule has 0 atom stereocenters. The van der Waals surface area contributed by atoms with Gasteiger partial charge in [0.25, 0.3) is 0 Å². The lowest BCUT2D eigenvalue weighted by Crippen LogP contribution is -2.41. The molecule has 0 unspecified atom stereocenters. The topological polar surface area (TPSA) is 56.8 Å². The van der Waals surface area contributed by atoms with Gasteiger partial charge in [0.15, 0.2) is 0 Å². The summed E-state index contributed by atoms with van der Waals surface area (Å²) in [6.45, 7) is 8.45. The Bertz CT molecular complexity index is 621. The van der Waals surface area contributed by atoms with E-state index in [-0.39, 0.29) is 11.2 Å². The van der Waals surface area contributed by atoms with E-state index in [1.165, 1.54) is 0 Å². The van der Waals surface area contributed by atoms with Crippen molar-refractivity contribution in [3.05, 3.63) is 35.3 Å². The van der Waals surface area contributed by atoms with Gasteiger partial charge in [-0.05, 0) is 63.1 Å². The number of nitrogens with zero attached hydrogens (tertiary/aromatic N) is 1. The van der Waals surface area contributed by atoms with Gasteiger partial charge in [0, 0.05) is 6.54 Å². The Balaban J connectivity index is 2.29. The standard InChI is InChI=1S/C16H21BN2O2S/c1-15(2)16(3,4)21-17(20-15)13(10-18)8-12-6-5-7-14(9-12)19-11-22/h5-9H,10,18H2,1-4H3. The van der Waals surface area contributed by atoms with E-state index >= 15 is 0 Å². The second-order valence-corrected chi connectivity index (χ2v) is 6.49. The minimum atomic E-state index is -0.437. The lowest BCUT2D eigenvalue weighted by molar-refractivity contribution is 0.00578. The van der Waals surface area contributed by atoms with Crippen LogP contribution in [0.4, 0.5) is 5.69 Å². The zero-order valence-corrected chi connectivity index (χ0v) is 14.2. The van der Waals surface area contributed by atoms with Crippen molar-refractivity contribution >= 4 is 36.3 Å². The summed E-state index contributed by atoms with van der Waals surface area (Å²) >= 11 is 4.63. The fourth-order valence-electron chi connectivity index (χ4n) is 2.17. The molecule has 0 amide bonds. The van der Waals surface area contributed by atoms with Gasteiger partial charge in [-0.1, -0.05) is 18.2 Å². The molecule has 1 aromatic carbocycles. The van der Waals surface area contributed by atoms with Crippen LogP contribution in [-0.2, 0) is 9.31 Å². The van der Waals surface area contributed by atoms with Crippen LogP contribution in [0.1, 0.15) is 33.3 Å². The highest BCUT2D eigenvalue weighted by Gasteiger charge is 2.52. The molecular weight excluding hydrogens is 295 g/mol. The first-order chi connectivity index (χ1) is 10.3. The molecule has 0 radical (unpaired) electrons. The van der Waals surface area contributed by atoms with Crippen LogP contribution in [-0.4, -0.2) is 30.0 Å². The molecule has 22 heavy (non-hydrogen) atoms. The van der Waals surface area contributed by atoms with Crippen LogP contribution in [0.2, 0.25) is 0 Å². The summed E-state index contributed by atoms with van der Waals surface area (Å²) in [5.41, 5.74) is 7.76. The number of aliphatic imine (C=N–C) groups is 1. The third kappa shape index (κ3) is 3.54. The summed E-state index contributed by atoms with van der Waals surface area (Å²) in [5.74, 6) is 0. The maximum atomic E-state index is 6.04. The van der Waals surface area contributed by atoms with Crippen molar-refractivity contribution in [3.8, 4) is 0 Å². The van der Waals surface area contributed by atoms with Crippen molar-refractivity contribution in [3.63, 3.8) is 0 Å². The number of isothiocyanates is 1. The van der Waals surface area contributed by atoms with Gasteiger partial charge < -0.3 is 15.0 Å². The third-order valence-corrected chi connectivity index (χ3v) is 4.28. The highest BCUT2D eigenvalue weighted by molar-refractivity contribution is 7.78. The molecule has 1 aliphatic heterocycles. The number of hydrogen-bond acceptors (Lipinski definition) is 5. The summed E-state index contributed by atoms with van der Waals surface area (Å²) in [6, 6.07) is 7.67. The smallest absolute Gasteiger partial charge is 0.400 e. The van der Waals surface area contributed by atoms with Crippen LogP contribution >= 0.6 is 12.2 Å². The largest absolute Gasteiger partial charge is 0.491 e. The van der Waals surface area contributed by atoms with Crippen molar-refractivity contribution in [2.45, 2.75) is 38.9 Å². The molecule has 2 N–H and O–H groups in total. The van der Waals surface area contributed by atoms with Crippen molar-refractivity contribution in [2.24, 2.45) is 10.7 Å². The molecular formula is C16H21BN2O2S. The molecule has 0 aromatic heterocycles. The Morgan fingerprint density at radius 2 is 1.95 bits per heavy atom. The van der Waals surface area contributed by atoms with E-state index in [4.69, 9.17) is 15.0 Å². The maximum absolute atomic E-state index is 6.04. The first-order valence-electron chi connectivity index (χ1n) is 7.23. The van der Waals surface area contributed by atoms with E-state index < -0.39 is 7.12 Å². The zero-order valence-electron chi connectivity index (χ0n) is 13.4. The van der Waals surface area contributed by atoms with Gasteiger partial charge in [0.05, 0.1) is 22.1 Å². The van der Waals surface area contributed by atoms with Crippen molar-refractivity contribution in [1.29, 1.82) is 0 Å². The number of rotatable bonds is 4. The highest BCUT2D eigenvalue weighted by atomic mass is 32.1. The van der Waals surface area contributed by atoms with Gasteiger partial charge in [0.2, 0.25) is 0 Å². The molecule has 4 nitrogen and oxygen atoms in total. The molecule has 0 spiro atoms. The van der Waals surface area contributed by atoms with Crippen LogP contribution < -0.4 is 5.73 Å². The Hall–Kier alpha value is -1.30. The Labute approximate surface area is 137 Å². The monoisotopic (exact) mass is 316 g/mol. The zero-order chi connectivity index (χ0) is 16.4. The van der Waals surface area contributed by atoms with Gasteiger partial charge in [-0.15, -0.1) is 0 Å². The summed E-state index contributed by atoms with van der Waals surface area (Å²) in [7, 11) is -0.437. The second-order valence-electron chi connectivity index (χ2n) is 6.31. The molecule has 6 heteroatoms. The molecule has 1 fully saturated rings. The van der Waals surface area contributed by atoms with Crippen LogP contribution in [0.3, 0.4) is 0 Å². The molecule has 0 aliphatic carbocycles. The number of benzene rings is 1. The summed E-state index contributed by atoms with van der Waals surface area (Å²) in [6.07, 6.45) is 1.98. The van der Waals surface area contributed by atoms with Crippen LogP contribution in [0.15, 0.2) is 34.7 Å². The summed E-state index contributed by atoms with van der Waals surface area (Å²) < 4.78 is 12.1. The van der Waals surface area contributed by atoms with Crippen LogP contribution in [0, 0.1) is 0 Å². The average Bonchev–Trinajstić information content (AvgIpc) is 2.65. The predicted octanol–water partition coefficient (Wildman–Crippen LogP) is 3.39. The normalized spacial score (nSPS) is 19.9. The summed E-state index contributed by atoms with van der Waals surface area (Å²) in [4.78, 5) is 3.99. The maximum Gasteiger partial charge on any atom is 0.491 e. The molecule has 0 saturated carbocycles. The number of nitrogens with two attached hydrogens (primary N) is 1. The fourth-order valence-corrected chi connectivity index (χ4v) is 2.27. The van der Waals surface area contributed by atoms with Gasteiger partial charge in [-0.2, -0.15) is 4.99 Å². The fraction of sp³-hybridized carbons (Fsp3) is 0.438. The third-order valence-electron chi connectivity index (χ3n) is 4.19. The SMILES string of the molecule is CC1(C)OB(C(=Cc2cccc(N=C=S)c2)CN)OC1(C)C. The molecule has 2 rings (SSSR count). The van der Waals surface area contributed by atoms with Crippen molar-refractivity contribution in [1.82, 2.24) is 0 Å². The van der Waals surface area contributed by atoms with Gasteiger partial charge in [-0.25, -0.2) is 0 Å². The Morgan fingerprint density at radius 1 is 1.32 bits per heavy atom. The van der Waals surface area contributed by atoms with E-state index in [1.54, 1.807) is 0 Å². The van der Waals surface area contributed by atoms with E-state index in [1.807, 2.05) is 58.0 Å². The van der Waals surface area contributed by atoms with Crippen LogP contribution in [0.5, 0.6) is 0 Å². The lowest BCUT2D eigenvalue weighted by Gasteiger charge is -2.32. The molecule has 1 aromatic rings. The van der Waals surface area contributed by atoms with Gasteiger partial charge in [-0.3, -0.25) is 0 Å². The quantitative estimate of drug-likeness (QED) is 0.525. The van der Waals surface area contributed by atoms with E-state index in [9.17, 15) is 0 Å². The lowest BCUT2D eigenvalue weighted by atomic mass is 9.77. The van der Waals surface area contributed by atoms with Gasteiger partial charge in [0.1, 0.15) is 0 Å². The highest BCUT2D eigenvalue weighted by Crippen LogP contribution is 2.38. The number of thiocarbonyl (C=S) groups is 1. The molecule has 1 aliphatic rings. The van der Waals surface area contributed by atoms with E-state index in [0.717, 1.165) is 16.7 Å².